The molecule has 0 aliphatic rings. The zero-order valence-corrected chi connectivity index (χ0v) is 14.4. The molecule has 0 aromatic carbocycles. The first-order chi connectivity index (χ1) is 10.2. The van der Waals surface area contributed by atoms with Gasteiger partial charge in [0.1, 0.15) is 12.5 Å². The molecule has 3 atom stereocenters. The number of nitrogens with two attached hydrogens (primary N) is 1. The number of aromatic nitrogens is 2. The molecule has 0 fully saturated rings. The lowest BCUT2D eigenvalue weighted by Gasteiger charge is -2.20. The van der Waals surface area contributed by atoms with E-state index in [0.717, 1.165) is 11.4 Å². The summed E-state index contributed by atoms with van der Waals surface area (Å²) in [4.78, 5) is 7.81. The Labute approximate surface area is 133 Å². The fraction of sp³-hybridized carbons (Fsp3) is 0.571. The summed E-state index contributed by atoms with van der Waals surface area (Å²) in [6.07, 6.45) is 5.84. The number of oxazole rings is 2. The van der Waals surface area contributed by atoms with Crippen LogP contribution in [0.1, 0.15) is 58.1 Å². The summed E-state index contributed by atoms with van der Waals surface area (Å²) in [6.45, 7) is 9.53. The number of rotatable bonds is 4. The van der Waals surface area contributed by atoms with Gasteiger partial charge in [0.25, 0.3) is 0 Å². The fourth-order valence-corrected chi connectivity index (χ4v) is 2.08. The predicted molar refractivity (Wildman–Crippen MR) is 85.1 cm³/mol. The highest BCUT2D eigenvalue weighted by Gasteiger charge is 2.22. The van der Waals surface area contributed by atoms with Gasteiger partial charge in [-0.25, -0.2) is 18.9 Å². The van der Waals surface area contributed by atoms with E-state index < -0.39 is 11.0 Å². The molecule has 0 spiro atoms. The molecule has 2 heterocycles. The van der Waals surface area contributed by atoms with Crippen LogP contribution in [0, 0.1) is 0 Å². The first kappa shape index (κ1) is 18.5. The maximum absolute atomic E-state index is 11.7. The smallest absolute Gasteiger partial charge is 0.180 e. The lowest BCUT2D eigenvalue weighted by atomic mass is 10.3. The second kappa shape index (κ2) is 8.21. The van der Waals surface area contributed by atoms with Gasteiger partial charge < -0.3 is 14.6 Å². The van der Waals surface area contributed by atoms with Gasteiger partial charge in [-0.2, -0.15) is 0 Å². The van der Waals surface area contributed by atoms with Crippen LogP contribution >= 0.6 is 0 Å². The SMILES string of the molecule is CC(N)c1cocn1.CC(NS(=O)C(C)(C)C)c1cocn1. The van der Waals surface area contributed by atoms with Crippen LogP contribution in [0.25, 0.3) is 0 Å². The van der Waals surface area contributed by atoms with Crippen molar-refractivity contribution in [2.45, 2.75) is 51.4 Å². The minimum Gasteiger partial charge on any atom is -0.451 e. The van der Waals surface area contributed by atoms with Crippen LogP contribution in [0.2, 0.25) is 0 Å². The van der Waals surface area contributed by atoms with E-state index in [0.29, 0.717) is 0 Å². The Morgan fingerprint density at radius 3 is 1.95 bits per heavy atom. The second-order valence-corrected chi connectivity index (χ2v) is 7.83. The van der Waals surface area contributed by atoms with Gasteiger partial charge in [0.2, 0.25) is 0 Å². The fourth-order valence-electron chi connectivity index (χ4n) is 1.28. The summed E-state index contributed by atoms with van der Waals surface area (Å²) in [5.74, 6) is 0. The number of nitrogens with zero attached hydrogens (tertiary/aromatic N) is 2. The van der Waals surface area contributed by atoms with Crippen molar-refractivity contribution in [2.75, 3.05) is 0 Å². The molecule has 2 aromatic heterocycles. The minimum absolute atomic E-state index is 0.0197. The van der Waals surface area contributed by atoms with E-state index in [2.05, 4.69) is 19.1 Å². The molecule has 0 bridgehead atoms. The van der Waals surface area contributed by atoms with E-state index in [-0.39, 0.29) is 16.8 Å². The Morgan fingerprint density at radius 2 is 1.64 bits per heavy atom. The van der Waals surface area contributed by atoms with Crippen LogP contribution in [0.5, 0.6) is 0 Å². The molecule has 7 nitrogen and oxygen atoms in total. The maximum Gasteiger partial charge on any atom is 0.180 e. The average molecular weight is 328 g/mol. The zero-order chi connectivity index (χ0) is 16.8. The molecule has 0 saturated carbocycles. The van der Waals surface area contributed by atoms with Crippen molar-refractivity contribution in [3.05, 3.63) is 36.7 Å². The van der Waals surface area contributed by atoms with E-state index >= 15 is 0 Å². The zero-order valence-electron chi connectivity index (χ0n) is 13.6. The third-order valence-electron chi connectivity index (χ3n) is 2.65. The first-order valence-corrected chi connectivity index (χ1v) is 8.06. The highest BCUT2D eigenvalue weighted by molar-refractivity contribution is 7.84. The molecule has 2 aromatic rings. The van der Waals surface area contributed by atoms with Crippen LogP contribution in [0.15, 0.2) is 34.1 Å². The van der Waals surface area contributed by atoms with Crippen molar-refractivity contribution in [1.82, 2.24) is 14.7 Å². The largest absolute Gasteiger partial charge is 0.451 e. The number of hydrogen-bond donors (Lipinski definition) is 2. The Balaban J connectivity index is 0.000000255. The number of hydrogen-bond acceptors (Lipinski definition) is 6. The van der Waals surface area contributed by atoms with Crippen molar-refractivity contribution < 1.29 is 13.0 Å². The molecule has 0 saturated heterocycles. The summed E-state index contributed by atoms with van der Waals surface area (Å²) in [6, 6.07) is -0.0810. The number of nitrogens with one attached hydrogen (secondary N) is 1. The molecular weight excluding hydrogens is 304 g/mol. The maximum atomic E-state index is 11.7. The van der Waals surface area contributed by atoms with Gasteiger partial charge in [-0.15, -0.1) is 0 Å². The average Bonchev–Trinajstić information content (AvgIpc) is 3.12. The Bertz CT molecular complexity index is 547. The van der Waals surface area contributed by atoms with Crippen molar-refractivity contribution >= 4 is 11.0 Å². The Morgan fingerprint density at radius 1 is 1.14 bits per heavy atom. The molecule has 0 amide bonds. The second-order valence-electron chi connectivity index (χ2n) is 5.84. The quantitative estimate of drug-likeness (QED) is 0.893. The molecule has 8 heteroatoms. The van der Waals surface area contributed by atoms with E-state index in [1.54, 1.807) is 12.5 Å². The van der Waals surface area contributed by atoms with E-state index in [1.165, 1.54) is 12.8 Å². The molecule has 124 valence electrons. The Kier molecular flexibility index (Phi) is 6.92. The van der Waals surface area contributed by atoms with Gasteiger partial charge in [0.05, 0.1) is 33.2 Å². The summed E-state index contributed by atoms with van der Waals surface area (Å²) in [7, 11) is -1.08. The monoisotopic (exact) mass is 328 g/mol. The summed E-state index contributed by atoms with van der Waals surface area (Å²) in [5.41, 5.74) is 7.00. The van der Waals surface area contributed by atoms with Crippen LogP contribution in [0.3, 0.4) is 0 Å². The molecule has 0 aliphatic heterocycles. The van der Waals surface area contributed by atoms with Crippen LogP contribution in [0.4, 0.5) is 0 Å². The summed E-state index contributed by atoms with van der Waals surface area (Å²) in [5, 5.41) is 0. The molecular formula is C14H24N4O3S. The van der Waals surface area contributed by atoms with Gasteiger partial charge in [-0.3, -0.25) is 0 Å². The van der Waals surface area contributed by atoms with Crippen molar-refractivity contribution in [2.24, 2.45) is 5.73 Å². The summed E-state index contributed by atoms with van der Waals surface area (Å²) >= 11 is 0. The van der Waals surface area contributed by atoms with Gasteiger partial charge in [-0.05, 0) is 34.6 Å². The lowest BCUT2D eigenvalue weighted by molar-refractivity contribution is 0.553. The van der Waals surface area contributed by atoms with E-state index in [9.17, 15) is 4.21 Å². The topological polar surface area (TPSA) is 107 Å². The Hall–Kier alpha value is -1.51. The van der Waals surface area contributed by atoms with Gasteiger partial charge in [0.15, 0.2) is 12.8 Å². The van der Waals surface area contributed by atoms with Crippen molar-refractivity contribution in [3.8, 4) is 0 Å². The van der Waals surface area contributed by atoms with Crippen LogP contribution in [-0.2, 0) is 11.0 Å². The predicted octanol–water partition coefficient (Wildman–Crippen LogP) is 2.48. The standard InChI is InChI=1S/C9H16N2O2S.C5H8N2O/c1-7(8-5-13-6-10-8)11-14(12)9(2,3)4;1-4(6)5-2-8-3-7-5/h5-7,11H,1-4H3;2-4H,6H2,1H3. The highest BCUT2D eigenvalue weighted by Crippen LogP contribution is 2.15. The van der Waals surface area contributed by atoms with Crippen molar-refractivity contribution in [1.29, 1.82) is 0 Å². The minimum atomic E-state index is -1.08. The van der Waals surface area contributed by atoms with Crippen LogP contribution in [-0.4, -0.2) is 18.9 Å². The van der Waals surface area contributed by atoms with Gasteiger partial charge in [0, 0.05) is 6.04 Å². The normalized spacial score (nSPS) is 15.5. The third kappa shape index (κ3) is 6.08. The third-order valence-corrected chi connectivity index (χ3v) is 4.33. The van der Waals surface area contributed by atoms with Gasteiger partial charge in [-0.1, -0.05) is 0 Å². The van der Waals surface area contributed by atoms with Crippen molar-refractivity contribution in [3.63, 3.8) is 0 Å². The van der Waals surface area contributed by atoms with E-state index in [4.69, 9.17) is 10.2 Å². The molecule has 22 heavy (non-hydrogen) atoms. The molecule has 2 rings (SSSR count). The molecule has 3 N–H and O–H groups in total. The summed E-state index contributed by atoms with van der Waals surface area (Å²) < 4.78 is 24.0. The first-order valence-electron chi connectivity index (χ1n) is 6.91. The highest BCUT2D eigenvalue weighted by atomic mass is 32.2. The van der Waals surface area contributed by atoms with Gasteiger partial charge >= 0.3 is 0 Å². The molecule has 0 aliphatic carbocycles. The van der Waals surface area contributed by atoms with E-state index in [1.807, 2.05) is 34.6 Å². The lowest BCUT2D eigenvalue weighted by Crippen LogP contribution is -2.34. The van der Waals surface area contributed by atoms with Crippen LogP contribution < -0.4 is 10.5 Å². The molecule has 3 unspecified atom stereocenters. The molecule has 0 radical (unpaired) electrons.